The molecule has 2 amide bonds. The Hall–Kier alpha value is -3.65. The van der Waals surface area contributed by atoms with Gasteiger partial charge in [-0.25, -0.2) is 4.79 Å². The molecule has 1 aliphatic rings. The minimum Gasteiger partial charge on any atom is -0.481 e. The third-order valence-corrected chi connectivity index (χ3v) is 7.23. The summed E-state index contributed by atoms with van der Waals surface area (Å²) in [5.74, 6) is 0.0139. The van der Waals surface area contributed by atoms with Gasteiger partial charge < -0.3 is 20.1 Å². The van der Waals surface area contributed by atoms with Crippen molar-refractivity contribution in [3.8, 4) is 5.75 Å². The zero-order chi connectivity index (χ0) is 25.7. The largest absolute Gasteiger partial charge is 0.481 e. The normalized spacial score (nSPS) is 15.4. The van der Waals surface area contributed by atoms with Crippen molar-refractivity contribution in [2.45, 2.75) is 46.1 Å². The Balaban J connectivity index is 1.43. The number of carbonyl (C=O) groups is 3. The van der Waals surface area contributed by atoms with Gasteiger partial charge in [0.15, 0.2) is 6.10 Å². The Morgan fingerprint density at radius 3 is 2.47 bits per heavy atom. The Bertz CT molecular complexity index is 1240. The van der Waals surface area contributed by atoms with Crippen LogP contribution in [0.25, 0.3) is 0 Å². The summed E-state index contributed by atoms with van der Waals surface area (Å²) >= 11 is 1.46. The number of rotatable bonds is 8. The van der Waals surface area contributed by atoms with Crippen LogP contribution in [0, 0.1) is 5.92 Å². The van der Waals surface area contributed by atoms with E-state index in [2.05, 4.69) is 17.6 Å². The number of carbonyl (C=O) groups excluding carboxylic acids is 3. The monoisotopic (exact) mass is 506 g/mol. The summed E-state index contributed by atoms with van der Waals surface area (Å²) in [5, 5.41) is 6.25. The maximum atomic E-state index is 13.0. The molecule has 0 saturated heterocycles. The van der Waals surface area contributed by atoms with Crippen molar-refractivity contribution in [2.75, 3.05) is 17.2 Å². The second-order valence-corrected chi connectivity index (χ2v) is 9.98. The lowest BCUT2D eigenvalue weighted by Gasteiger charge is -2.18. The summed E-state index contributed by atoms with van der Waals surface area (Å²) in [6.07, 6.45) is 1.98. The number of para-hydroxylation sites is 1. The number of thiophene rings is 1. The lowest BCUT2D eigenvalue weighted by Crippen LogP contribution is -2.30. The standard InChI is InChI=1S/C28H30N2O5S/c1-4-34-28(33)24-22-15-10-17(2)16-23(22)36-27(24)30-26(32)19-11-13-21(14-12-19)35-18(3)25(31)29-20-8-6-5-7-9-20/h5-9,11-14,17-18H,4,10,15-16H2,1-3H3,(H,29,31)(H,30,32)/t17-,18+/m0/s1. The van der Waals surface area contributed by atoms with E-state index in [0.717, 1.165) is 29.7 Å². The minimum absolute atomic E-state index is 0.273. The van der Waals surface area contributed by atoms with Crippen molar-refractivity contribution in [2.24, 2.45) is 5.92 Å². The van der Waals surface area contributed by atoms with E-state index in [1.165, 1.54) is 11.3 Å². The van der Waals surface area contributed by atoms with E-state index in [1.54, 1.807) is 50.2 Å². The number of nitrogens with one attached hydrogen (secondary N) is 2. The fourth-order valence-corrected chi connectivity index (χ4v) is 5.54. The van der Waals surface area contributed by atoms with Crippen molar-refractivity contribution >= 4 is 39.8 Å². The number of amides is 2. The minimum atomic E-state index is -0.725. The second kappa shape index (κ2) is 11.4. The lowest BCUT2D eigenvalue weighted by molar-refractivity contribution is -0.122. The zero-order valence-corrected chi connectivity index (χ0v) is 21.4. The van der Waals surface area contributed by atoms with Crippen molar-refractivity contribution in [3.63, 3.8) is 0 Å². The van der Waals surface area contributed by atoms with E-state index in [0.29, 0.717) is 33.5 Å². The van der Waals surface area contributed by atoms with E-state index >= 15 is 0 Å². The highest BCUT2D eigenvalue weighted by Gasteiger charge is 2.29. The third kappa shape index (κ3) is 5.94. The molecular formula is C28H30N2O5S. The molecule has 8 heteroatoms. The average molecular weight is 507 g/mol. The number of hydrogen-bond donors (Lipinski definition) is 2. The van der Waals surface area contributed by atoms with Gasteiger partial charge in [-0.3, -0.25) is 9.59 Å². The van der Waals surface area contributed by atoms with Gasteiger partial charge in [-0.1, -0.05) is 25.1 Å². The number of ether oxygens (including phenoxy) is 2. The van der Waals surface area contributed by atoms with E-state index in [1.807, 2.05) is 18.2 Å². The third-order valence-electron chi connectivity index (χ3n) is 6.06. The fourth-order valence-electron chi connectivity index (χ4n) is 4.14. The van der Waals surface area contributed by atoms with Crippen LogP contribution in [0.1, 0.15) is 58.3 Å². The summed E-state index contributed by atoms with van der Waals surface area (Å²) in [7, 11) is 0. The lowest BCUT2D eigenvalue weighted by atomic mass is 9.88. The van der Waals surface area contributed by atoms with Gasteiger partial charge in [0.25, 0.3) is 11.8 Å². The zero-order valence-electron chi connectivity index (χ0n) is 20.6. The molecule has 1 heterocycles. The predicted octanol–water partition coefficient (Wildman–Crippen LogP) is 5.71. The van der Waals surface area contributed by atoms with Crippen LogP contribution in [0.5, 0.6) is 5.75 Å². The van der Waals surface area contributed by atoms with Gasteiger partial charge in [0.05, 0.1) is 12.2 Å². The maximum absolute atomic E-state index is 13.0. The molecule has 0 aliphatic heterocycles. The fraction of sp³-hybridized carbons (Fsp3) is 0.321. The Kier molecular flexibility index (Phi) is 8.05. The first kappa shape index (κ1) is 25.4. The highest BCUT2D eigenvalue weighted by atomic mass is 32.1. The number of esters is 1. The number of anilines is 2. The molecule has 2 N–H and O–H groups in total. The SMILES string of the molecule is CCOC(=O)c1c(NC(=O)c2ccc(O[C@H](C)C(=O)Nc3ccccc3)cc2)sc2c1CC[C@H](C)C2. The predicted molar refractivity (Wildman–Crippen MR) is 141 cm³/mol. The molecule has 1 aromatic heterocycles. The molecule has 0 spiro atoms. The second-order valence-electron chi connectivity index (χ2n) is 8.87. The van der Waals surface area contributed by atoms with Gasteiger partial charge in [-0.2, -0.15) is 0 Å². The number of hydrogen-bond acceptors (Lipinski definition) is 6. The first-order valence-electron chi connectivity index (χ1n) is 12.1. The van der Waals surface area contributed by atoms with Crippen LogP contribution < -0.4 is 15.4 Å². The van der Waals surface area contributed by atoms with Crippen LogP contribution in [0.4, 0.5) is 10.7 Å². The molecule has 7 nitrogen and oxygen atoms in total. The van der Waals surface area contributed by atoms with Crippen molar-refractivity contribution in [3.05, 3.63) is 76.2 Å². The van der Waals surface area contributed by atoms with Crippen LogP contribution in [-0.4, -0.2) is 30.5 Å². The summed E-state index contributed by atoms with van der Waals surface area (Å²) < 4.78 is 11.0. The Morgan fingerprint density at radius 2 is 1.78 bits per heavy atom. The van der Waals surface area contributed by atoms with Gasteiger partial charge in [-0.05, 0) is 81.0 Å². The molecule has 4 rings (SSSR count). The molecule has 1 aliphatic carbocycles. The van der Waals surface area contributed by atoms with Gasteiger partial charge in [-0.15, -0.1) is 11.3 Å². The first-order chi connectivity index (χ1) is 17.4. The summed E-state index contributed by atoms with van der Waals surface area (Å²) in [5.41, 5.74) is 2.59. The van der Waals surface area contributed by atoms with E-state index in [4.69, 9.17) is 9.47 Å². The van der Waals surface area contributed by atoms with Crippen LogP contribution >= 0.6 is 11.3 Å². The summed E-state index contributed by atoms with van der Waals surface area (Å²) in [4.78, 5) is 39.2. The Morgan fingerprint density at radius 1 is 1.06 bits per heavy atom. The summed E-state index contributed by atoms with van der Waals surface area (Å²) in [6.45, 7) is 5.90. The molecule has 3 aromatic rings. The molecule has 0 radical (unpaired) electrons. The topological polar surface area (TPSA) is 93.7 Å². The molecule has 0 fully saturated rings. The van der Waals surface area contributed by atoms with Crippen LogP contribution in [-0.2, 0) is 22.4 Å². The average Bonchev–Trinajstić information content (AvgIpc) is 3.22. The van der Waals surface area contributed by atoms with E-state index < -0.39 is 12.1 Å². The molecule has 2 aromatic carbocycles. The highest BCUT2D eigenvalue weighted by Crippen LogP contribution is 2.40. The van der Waals surface area contributed by atoms with E-state index in [-0.39, 0.29) is 18.4 Å². The Labute approximate surface area is 214 Å². The van der Waals surface area contributed by atoms with Gasteiger partial charge in [0, 0.05) is 16.1 Å². The van der Waals surface area contributed by atoms with Crippen molar-refractivity contribution < 1.29 is 23.9 Å². The molecule has 2 atom stereocenters. The molecule has 0 bridgehead atoms. The quantitative estimate of drug-likeness (QED) is 0.382. The molecule has 188 valence electrons. The molecule has 0 unspecified atom stereocenters. The van der Waals surface area contributed by atoms with Crippen molar-refractivity contribution in [1.29, 1.82) is 0 Å². The van der Waals surface area contributed by atoms with E-state index in [9.17, 15) is 14.4 Å². The first-order valence-corrected chi connectivity index (χ1v) is 12.9. The smallest absolute Gasteiger partial charge is 0.341 e. The molecular weight excluding hydrogens is 476 g/mol. The number of benzene rings is 2. The molecule has 36 heavy (non-hydrogen) atoms. The molecule has 0 saturated carbocycles. The van der Waals surface area contributed by atoms with Crippen molar-refractivity contribution in [1.82, 2.24) is 0 Å². The van der Waals surface area contributed by atoms with Crippen LogP contribution in [0.15, 0.2) is 54.6 Å². The van der Waals surface area contributed by atoms with Crippen LogP contribution in [0.2, 0.25) is 0 Å². The highest BCUT2D eigenvalue weighted by molar-refractivity contribution is 7.17. The van der Waals surface area contributed by atoms with Gasteiger partial charge in [0.2, 0.25) is 0 Å². The van der Waals surface area contributed by atoms with Gasteiger partial charge >= 0.3 is 5.97 Å². The van der Waals surface area contributed by atoms with Crippen LogP contribution in [0.3, 0.4) is 0 Å². The number of fused-ring (bicyclic) bond motifs is 1. The summed E-state index contributed by atoms with van der Waals surface area (Å²) in [6, 6.07) is 15.7. The maximum Gasteiger partial charge on any atom is 0.341 e. The van der Waals surface area contributed by atoms with Gasteiger partial charge in [0.1, 0.15) is 10.8 Å².